The van der Waals surface area contributed by atoms with Crippen molar-refractivity contribution in [2.45, 2.75) is 30.8 Å². The molecule has 1 saturated carbocycles. The summed E-state index contributed by atoms with van der Waals surface area (Å²) in [6, 6.07) is -0.988. The predicted molar refractivity (Wildman–Crippen MR) is 77.9 cm³/mol. The van der Waals surface area contributed by atoms with E-state index < -0.39 is 12.0 Å². The number of urea groups is 1. The van der Waals surface area contributed by atoms with Gasteiger partial charge in [-0.05, 0) is 18.8 Å². The van der Waals surface area contributed by atoms with Gasteiger partial charge in [0.2, 0.25) is 0 Å². The van der Waals surface area contributed by atoms with Crippen molar-refractivity contribution in [1.82, 2.24) is 19.8 Å². The van der Waals surface area contributed by atoms with E-state index in [1.54, 1.807) is 24.3 Å². The van der Waals surface area contributed by atoms with E-state index in [0.29, 0.717) is 24.8 Å². The lowest BCUT2D eigenvalue weighted by atomic mass is 10.2. The van der Waals surface area contributed by atoms with Gasteiger partial charge in [0.25, 0.3) is 0 Å². The smallest absolute Gasteiger partial charge is 0.327 e. The fraction of sp³-hybridized carbons (Fsp3) is 0.615. The summed E-state index contributed by atoms with van der Waals surface area (Å²) >= 11 is 1.59. The molecule has 0 spiro atoms. The number of hydrogen-bond acceptors (Lipinski definition) is 4. The summed E-state index contributed by atoms with van der Waals surface area (Å²) in [4.78, 5) is 29.1. The summed E-state index contributed by atoms with van der Waals surface area (Å²) in [5.41, 5.74) is 0. The molecule has 0 bridgehead atoms. The number of aromatic nitrogens is 2. The highest BCUT2D eigenvalue weighted by molar-refractivity contribution is 8.00. The summed E-state index contributed by atoms with van der Waals surface area (Å²) in [6.45, 7) is 1.08. The van der Waals surface area contributed by atoms with Crippen LogP contribution in [0.15, 0.2) is 18.7 Å². The van der Waals surface area contributed by atoms with E-state index in [1.807, 2.05) is 10.8 Å². The number of carboxylic acids is 1. The molecule has 2 heterocycles. The first kappa shape index (κ1) is 14.2. The Bertz CT molecular complexity index is 517. The zero-order valence-corrected chi connectivity index (χ0v) is 12.3. The molecule has 0 radical (unpaired) electrons. The highest BCUT2D eigenvalue weighted by atomic mass is 32.2. The summed E-state index contributed by atoms with van der Waals surface area (Å²) < 4.78 is 1.87. The lowest BCUT2D eigenvalue weighted by Crippen LogP contribution is -2.51. The van der Waals surface area contributed by atoms with Crippen LogP contribution in [0.5, 0.6) is 0 Å². The highest BCUT2D eigenvalue weighted by Crippen LogP contribution is 2.45. The van der Waals surface area contributed by atoms with E-state index in [1.165, 1.54) is 4.90 Å². The van der Waals surface area contributed by atoms with Crippen LogP contribution in [0.1, 0.15) is 12.8 Å². The fourth-order valence-corrected chi connectivity index (χ4v) is 4.15. The molecule has 1 aromatic heterocycles. The minimum absolute atomic E-state index is 0.0133. The van der Waals surface area contributed by atoms with Crippen LogP contribution in [0.3, 0.4) is 0 Å². The minimum atomic E-state index is -0.921. The number of nitrogens with zero attached hydrogens (tertiary/aromatic N) is 3. The van der Waals surface area contributed by atoms with Crippen molar-refractivity contribution in [3.63, 3.8) is 0 Å². The van der Waals surface area contributed by atoms with Crippen molar-refractivity contribution in [3.8, 4) is 0 Å². The maximum Gasteiger partial charge on any atom is 0.327 e. The Balaban J connectivity index is 1.58. The normalized spacial score (nSPS) is 25.0. The number of carbonyl (C=O) groups excluding carboxylic acids is 1. The Hall–Kier alpha value is -1.70. The van der Waals surface area contributed by atoms with Gasteiger partial charge in [0.05, 0.1) is 11.7 Å². The molecule has 2 aliphatic rings. The van der Waals surface area contributed by atoms with Gasteiger partial charge >= 0.3 is 12.0 Å². The van der Waals surface area contributed by atoms with Crippen LogP contribution in [0, 0.1) is 5.92 Å². The van der Waals surface area contributed by atoms with Crippen LogP contribution >= 0.6 is 11.8 Å². The van der Waals surface area contributed by atoms with Crippen LogP contribution in [-0.2, 0) is 11.3 Å². The molecule has 1 aliphatic heterocycles. The third-order valence-corrected chi connectivity index (χ3v) is 5.25. The lowest BCUT2D eigenvalue weighted by Gasteiger charge is -2.27. The number of imidazole rings is 1. The zero-order chi connectivity index (χ0) is 14.8. The maximum absolute atomic E-state index is 12.3. The number of aliphatic carboxylic acids is 1. The maximum atomic E-state index is 12.3. The van der Waals surface area contributed by atoms with Crippen molar-refractivity contribution < 1.29 is 14.7 Å². The molecule has 1 aliphatic carbocycles. The molecule has 3 rings (SSSR count). The molecule has 7 nitrogen and oxygen atoms in total. The molecule has 8 heteroatoms. The van der Waals surface area contributed by atoms with Crippen LogP contribution in [0.4, 0.5) is 4.79 Å². The standard InChI is InChI=1S/C13H18N4O3S/c18-12(19)10-7-21-11(9-1-2-9)17(10)13(20)15-4-6-16-5-3-14-8-16/h3,5,8-11H,1-2,4,6-7H2,(H,15,20)(H,18,19). The first-order chi connectivity index (χ1) is 10.2. The van der Waals surface area contributed by atoms with Gasteiger partial charge in [-0.2, -0.15) is 0 Å². The number of amides is 2. The molecule has 1 saturated heterocycles. The summed E-state index contributed by atoms with van der Waals surface area (Å²) in [6.07, 6.45) is 7.37. The fourth-order valence-electron chi connectivity index (χ4n) is 2.52. The molecule has 21 heavy (non-hydrogen) atoms. The van der Waals surface area contributed by atoms with E-state index in [9.17, 15) is 14.7 Å². The van der Waals surface area contributed by atoms with E-state index in [-0.39, 0.29) is 11.4 Å². The molecule has 0 aromatic carbocycles. The van der Waals surface area contributed by atoms with Gasteiger partial charge in [-0.3, -0.25) is 4.90 Å². The Morgan fingerprint density at radius 3 is 2.86 bits per heavy atom. The SMILES string of the molecule is O=C(O)C1CSC(C2CC2)N1C(=O)NCCn1ccnc1. The summed E-state index contributed by atoms with van der Waals surface area (Å²) in [5, 5.41) is 12.1. The molecule has 1 aromatic rings. The molecule has 2 amide bonds. The number of carbonyl (C=O) groups is 2. The minimum Gasteiger partial charge on any atom is -0.480 e. The average Bonchev–Trinajstić information content (AvgIpc) is 3.00. The molecular formula is C13H18N4O3S. The third kappa shape index (κ3) is 3.15. The lowest BCUT2D eigenvalue weighted by molar-refractivity contribution is -0.141. The van der Waals surface area contributed by atoms with E-state index in [0.717, 1.165) is 12.8 Å². The number of nitrogens with one attached hydrogen (secondary N) is 1. The van der Waals surface area contributed by atoms with Crippen molar-refractivity contribution in [2.24, 2.45) is 5.92 Å². The second-order valence-electron chi connectivity index (χ2n) is 5.36. The van der Waals surface area contributed by atoms with Gasteiger partial charge in [-0.1, -0.05) is 0 Å². The first-order valence-corrected chi connectivity index (χ1v) is 8.08. The summed E-state index contributed by atoms with van der Waals surface area (Å²) in [7, 11) is 0. The second kappa shape index (κ2) is 5.97. The van der Waals surface area contributed by atoms with Crippen molar-refractivity contribution in [1.29, 1.82) is 0 Å². The topological polar surface area (TPSA) is 87.5 Å². The van der Waals surface area contributed by atoms with E-state index >= 15 is 0 Å². The van der Waals surface area contributed by atoms with Gasteiger partial charge in [0.15, 0.2) is 0 Å². The second-order valence-corrected chi connectivity index (χ2v) is 6.50. The van der Waals surface area contributed by atoms with Crippen molar-refractivity contribution in [3.05, 3.63) is 18.7 Å². The monoisotopic (exact) mass is 310 g/mol. The molecular weight excluding hydrogens is 292 g/mol. The molecule has 2 unspecified atom stereocenters. The number of rotatable bonds is 5. The van der Waals surface area contributed by atoms with Crippen LogP contribution in [0.25, 0.3) is 0 Å². The number of hydrogen-bond donors (Lipinski definition) is 2. The van der Waals surface area contributed by atoms with Gasteiger partial charge in [0, 0.05) is 31.2 Å². The zero-order valence-electron chi connectivity index (χ0n) is 11.5. The van der Waals surface area contributed by atoms with Gasteiger partial charge < -0.3 is 15.0 Å². The van der Waals surface area contributed by atoms with Crippen LogP contribution < -0.4 is 5.32 Å². The Morgan fingerprint density at radius 2 is 2.24 bits per heavy atom. The van der Waals surface area contributed by atoms with Crippen LogP contribution in [0.2, 0.25) is 0 Å². The highest BCUT2D eigenvalue weighted by Gasteiger charge is 2.47. The van der Waals surface area contributed by atoms with Gasteiger partial charge in [-0.25, -0.2) is 14.6 Å². The number of thioether (sulfide) groups is 1. The Kier molecular flexibility index (Phi) is 4.05. The van der Waals surface area contributed by atoms with E-state index in [4.69, 9.17) is 0 Å². The number of carboxylic acid groups (broad SMARTS) is 1. The molecule has 2 N–H and O–H groups in total. The predicted octanol–water partition coefficient (Wildman–Crippen LogP) is 0.831. The first-order valence-electron chi connectivity index (χ1n) is 7.03. The molecule has 2 fully saturated rings. The van der Waals surface area contributed by atoms with Gasteiger partial charge in [0.1, 0.15) is 6.04 Å². The van der Waals surface area contributed by atoms with Crippen molar-refractivity contribution >= 4 is 23.8 Å². The molecule has 114 valence electrons. The average molecular weight is 310 g/mol. The third-order valence-electron chi connectivity index (χ3n) is 3.79. The van der Waals surface area contributed by atoms with Gasteiger partial charge in [-0.15, -0.1) is 11.8 Å². The largest absolute Gasteiger partial charge is 0.480 e. The van der Waals surface area contributed by atoms with Crippen molar-refractivity contribution in [2.75, 3.05) is 12.3 Å². The summed E-state index contributed by atoms with van der Waals surface area (Å²) in [5.74, 6) is 0.0139. The quantitative estimate of drug-likeness (QED) is 0.841. The Labute approximate surface area is 126 Å². The molecule has 2 atom stereocenters. The van der Waals surface area contributed by atoms with Crippen LogP contribution in [-0.4, -0.2) is 55.3 Å². The Morgan fingerprint density at radius 1 is 1.43 bits per heavy atom. The van der Waals surface area contributed by atoms with E-state index in [2.05, 4.69) is 10.3 Å².